The Kier molecular flexibility index (Phi) is 3.55. The third-order valence-corrected chi connectivity index (χ3v) is 5.54. The number of halogens is 1. The Labute approximate surface area is 120 Å². The van der Waals surface area contributed by atoms with Crippen molar-refractivity contribution in [2.24, 2.45) is 5.92 Å². The molecule has 2 aromatic rings. The first kappa shape index (κ1) is 12.4. The fraction of sp³-hybridized carbons (Fsp3) is 0.333. The molecule has 0 saturated heterocycles. The van der Waals surface area contributed by atoms with Crippen molar-refractivity contribution in [1.29, 1.82) is 0 Å². The van der Waals surface area contributed by atoms with Gasteiger partial charge in [0.15, 0.2) is 0 Å². The van der Waals surface area contributed by atoms with Crippen molar-refractivity contribution in [3.05, 3.63) is 56.7 Å². The molecular weight excluding hydrogens is 306 g/mol. The van der Waals surface area contributed by atoms with Crippen LogP contribution in [-0.2, 0) is 0 Å². The van der Waals surface area contributed by atoms with Crippen LogP contribution in [0.2, 0.25) is 0 Å². The van der Waals surface area contributed by atoms with Gasteiger partial charge in [-0.25, -0.2) is 0 Å². The topological polar surface area (TPSA) is 12.0 Å². The Balaban J connectivity index is 1.79. The molecule has 3 atom stereocenters. The monoisotopic (exact) mass is 321 g/mol. The van der Waals surface area contributed by atoms with Crippen LogP contribution in [0.15, 0.2) is 45.6 Å². The Bertz CT molecular complexity index is 522. The maximum atomic E-state index is 3.65. The first-order chi connectivity index (χ1) is 8.81. The average molecular weight is 322 g/mol. The molecule has 0 aliphatic heterocycles. The number of benzene rings is 1. The van der Waals surface area contributed by atoms with E-state index in [4.69, 9.17) is 0 Å². The molecule has 1 fully saturated rings. The van der Waals surface area contributed by atoms with Gasteiger partial charge in [0.1, 0.15) is 0 Å². The lowest BCUT2D eigenvalue weighted by Gasteiger charge is -2.16. The first-order valence-electron chi connectivity index (χ1n) is 6.25. The van der Waals surface area contributed by atoms with E-state index in [0.29, 0.717) is 6.04 Å². The maximum absolute atomic E-state index is 3.65. The van der Waals surface area contributed by atoms with Crippen LogP contribution in [0.3, 0.4) is 0 Å². The van der Waals surface area contributed by atoms with Crippen LogP contribution in [0, 0.1) is 5.92 Å². The fourth-order valence-corrected chi connectivity index (χ4v) is 4.36. The molecule has 1 aromatic carbocycles. The molecular formula is C15H16BrNS. The summed E-state index contributed by atoms with van der Waals surface area (Å²) in [6.07, 6.45) is 1.29. The Morgan fingerprint density at radius 3 is 2.67 bits per heavy atom. The molecule has 0 bridgehead atoms. The number of hydrogen-bond donors (Lipinski definition) is 1. The minimum atomic E-state index is 0.468. The van der Waals surface area contributed by atoms with E-state index in [9.17, 15) is 0 Å². The molecule has 1 aliphatic rings. The van der Waals surface area contributed by atoms with Crippen LogP contribution in [0.5, 0.6) is 0 Å². The SMILES string of the molecule is CNC(c1cscc1Br)C1CC1c1ccccc1. The van der Waals surface area contributed by atoms with Crippen LogP contribution >= 0.6 is 27.3 Å². The lowest BCUT2D eigenvalue weighted by molar-refractivity contribution is 0.517. The number of hydrogen-bond acceptors (Lipinski definition) is 2. The van der Waals surface area contributed by atoms with Crippen LogP contribution in [-0.4, -0.2) is 7.05 Å². The van der Waals surface area contributed by atoms with E-state index in [1.807, 2.05) is 0 Å². The van der Waals surface area contributed by atoms with Crippen molar-refractivity contribution in [2.45, 2.75) is 18.4 Å². The molecule has 3 rings (SSSR count). The zero-order chi connectivity index (χ0) is 12.5. The van der Waals surface area contributed by atoms with Crippen LogP contribution < -0.4 is 5.32 Å². The second-order valence-corrected chi connectivity index (χ2v) is 6.46. The third-order valence-electron chi connectivity index (χ3n) is 3.78. The molecule has 1 heterocycles. The van der Waals surface area contributed by atoms with Gasteiger partial charge in [-0.1, -0.05) is 30.3 Å². The predicted octanol–water partition coefficient (Wildman–Crippen LogP) is 4.57. The van der Waals surface area contributed by atoms with Gasteiger partial charge in [0.25, 0.3) is 0 Å². The van der Waals surface area contributed by atoms with Gasteiger partial charge in [-0.2, -0.15) is 11.3 Å². The summed E-state index contributed by atoms with van der Waals surface area (Å²) >= 11 is 5.42. The molecule has 1 saturated carbocycles. The van der Waals surface area contributed by atoms with Crippen molar-refractivity contribution in [3.8, 4) is 0 Å². The van der Waals surface area contributed by atoms with Crippen LogP contribution in [0.4, 0.5) is 0 Å². The zero-order valence-electron chi connectivity index (χ0n) is 10.3. The van der Waals surface area contributed by atoms with E-state index in [0.717, 1.165) is 11.8 Å². The normalized spacial score (nSPS) is 23.9. The quantitative estimate of drug-likeness (QED) is 0.869. The van der Waals surface area contributed by atoms with E-state index in [2.05, 4.69) is 69.4 Å². The van der Waals surface area contributed by atoms with Crippen molar-refractivity contribution in [1.82, 2.24) is 5.32 Å². The summed E-state index contributed by atoms with van der Waals surface area (Å²) in [4.78, 5) is 0. The Hall–Kier alpha value is -0.640. The van der Waals surface area contributed by atoms with Crippen molar-refractivity contribution in [3.63, 3.8) is 0 Å². The molecule has 0 radical (unpaired) electrons. The van der Waals surface area contributed by atoms with Gasteiger partial charge in [-0.05, 0) is 57.7 Å². The first-order valence-corrected chi connectivity index (χ1v) is 7.98. The molecule has 1 N–H and O–H groups in total. The minimum absolute atomic E-state index is 0.468. The second-order valence-electron chi connectivity index (χ2n) is 4.86. The van der Waals surface area contributed by atoms with Crippen LogP contribution in [0.25, 0.3) is 0 Å². The summed E-state index contributed by atoms with van der Waals surface area (Å²) in [5, 5.41) is 7.91. The van der Waals surface area contributed by atoms with Crippen molar-refractivity contribution >= 4 is 27.3 Å². The number of rotatable bonds is 4. The highest BCUT2D eigenvalue weighted by Crippen LogP contribution is 2.54. The van der Waals surface area contributed by atoms with Crippen molar-refractivity contribution < 1.29 is 0 Å². The van der Waals surface area contributed by atoms with Gasteiger partial charge in [-0.15, -0.1) is 0 Å². The van der Waals surface area contributed by atoms with E-state index in [1.54, 1.807) is 11.3 Å². The number of thiophene rings is 1. The molecule has 0 spiro atoms. The lowest BCUT2D eigenvalue weighted by Crippen LogP contribution is -2.18. The van der Waals surface area contributed by atoms with Gasteiger partial charge in [0.2, 0.25) is 0 Å². The van der Waals surface area contributed by atoms with Gasteiger partial charge >= 0.3 is 0 Å². The smallest absolute Gasteiger partial charge is 0.0371 e. The minimum Gasteiger partial charge on any atom is -0.313 e. The molecule has 1 nitrogen and oxygen atoms in total. The van der Waals surface area contributed by atoms with E-state index in [-0.39, 0.29) is 0 Å². The average Bonchev–Trinajstić information content (AvgIpc) is 3.08. The highest BCUT2D eigenvalue weighted by atomic mass is 79.9. The van der Waals surface area contributed by atoms with Crippen molar-refractivity contribution in [2.75, 3.05) is 7.05 Å². The summed E-state index contributed by atoms with van der Waals surface area (Å²) in [5.41, 5.74) is 2.89. The fourth-order valence-electron chi connectivity index (χ4n) is 2.78. The summed E-state index contributed by atoms with van der Waals surface area (Å²) in [5.74, 6) is 1.44. The van der Waals surface area contributed by atoms with E-state index in [1.165, 1.54) is 22.0 Å². The molecule has 94 valence electrons. The maximum Gasteiger partial charge on any atom is 0.0371 e. The van der Waals surface area contributed by atoms with Gasteiger partial charge in [-0.3, -0.25) is 0 Å². The van der Waals surface area contributed by atoms with E-state index >= 15 is 0 Å². The molecule has 18 heavy (non-hydrogen) atoms. The van der Waals surface area contributed by atoms with Gasteiger partial charge in [0, 0.05) is 15.9 Å². The van der Waals surface area contributed by atoms with E-state index < -0.39 is 0 Å². The largest absolute Gasteiger partial charge is 0.313 e. The molecule has 1 aromatic heterocycles. The summed E-state index contributed by atoms with van der Waals surface area (Å²) in [7, 11) is 2.06. The third kappa shape index (κ3) is 2.27. The zero-order valence-corrected chi connectivity index (χ0v) is 12.7. The second kappa shape index (κ2) is 5.16. The summed E-state index contributed by atoms with van der Waals surface area (Å²) in [6.45, 7) is 0. The summed E-state index contributed by atoms with van der Waals surface area (Å²) in [6, 6.07) is 11.3. The lowest BCUT2D eigenvalue weighted by atomic mass is 10.0. The highest BCUT2D eigenvalue weighted by Gasteiger charge is 2.44. The Morgan fingerprint density at radius 1 is 1.28 bits per heavy atom. The van der Waals surface area contributed by atoms with Gasteiger partial charge in [0.05, 0.1) is 0 Å². The standard InChI is InChI=1S/C15H16BrNS/c1-17-15(13-8-18-9-14(13)16)12-7-11(12)10-5-3-2-4-6-10/h2-6,8-9,11-12,15,17H,7H2,1H3. The highest BCUT2D eigenvalue weighted by molar-refractivity contribution is 9.10. The molecule has 1 aliphatic carbocycles. The predicted molar refractivity (Wildman–Crippen MR) is 81.1 cm³/mol. The van der Waals surface area contributed by atoms with Crippen LogP contribution in [0.1, 0.15) is 29.5 Å². The summed E-state index contributed by atoms with van der Waals surface area (Å²) < 4.78 is 1.24. The molecule has 3 heteroatoms. The number of nitrogens with one attached hydrogen (secondary N) is 1. The van der Waals surface area contributed by atoms with Gasteiger partial charge < -0.3 is 5.32 Å². The Morgan fingerprint density at radius 2 is 2.06 bits per heavy atom. The molecule has 0 amide bonds. The molecule has 3 unspecified atom stereocenters.